The lowest BCUT2D eigenvalue weighted by atomic mass is 9.87. The van der Waals surface area contributed by atoms with E-state index < -0.39 is 0 Å². The molecule has 4 heteroatoms. The molecule has 2 saturated heterocycles. The van der Waals surface area contributed by atoms with Gasteiger partial charge in [0, 0.05) is 34.1 Å². The molecule has 4 rings (SSSR count). The molecule has 0 amide bonds. The van der Waals surface area contributed by atoms with Gasteiger partial charge in [0.2, 0.25) is 0 Å². The van der Waals surface area contributed by atoms with Gasteiger partial charge in [-0.3, -0.25) is 0 Å². The molecule has 28 heavy (non-hydrogen) atoms. The zero-order chi connectivity index (χ0) is 19.8. The van der Waals surface area contributed by atoms with Crippen LogP contribution in [0.1, 0.15) is 48.3 Å². The Bertz CT molecular complexity index is 817. The highest BCUT2D eigenvalue weighted by Gasteiger charge is 2.34. The fourth-order valence-corrected chi connectivity index (χ4v) is 4.20. The standard InChI is InChI=1S/C24H28O4/c1-14-12-27-21(14)19-10-6-8-17(23(19)25-4)16(3)18-9-7-11-20(24(18)26-5)22-15(2)13-28-22/h6-11,14-15,21-22H,3,12-13H2,1-2,4-5H3. The fourth-order valence-electron chi connectivity index (χ4n) is 4.20. The van der Waals surface area contributed by atoms with Crippen LogP contribution in [0.2, 0.25) is 0 Å². The van der Waals surface area contributed by atoms with Crippen LogP contribution in [0, 0.1) is 11.8 Å². The predicted molar refractivity (Wildman–Crippen MR) is 110 cm³/mol. The van der Waals surface area contributed by atoms with E-state index in [0.717, 1.165) is 52.5 Å². The maximum atomic E-state index is 5.82. The van der Waals surface area contributed by atoms with Crippen molar-refractivity contribution in [1.29, 1.82) is 0 Å². The van der Waals surface area contributed by atoms with Crippen molar-refractivity contribution in [3.63, 3.8) is 0 Å². The smallest absolute Gasteiger partial charge is 0.132 e. The summed E-state index contributed by atoms with van der Waals surface area (Å²) in [6.07, 6.45) is 0.139. The third-order valence-electron chi connectivity index (χ3n) is 5.87. The van der Waals surface area contributed by atoms with Crippen LogP contribution in [0.5, 0.6) is 11.5 Å². The highest BCUT2D eigenvalue weighted by molar-refractivity contribution is 5.85. The topological polar surface area (TPSA) is 36.9 Å². The number of benzene rings is 2. The third kappa shape index (κ3) is 3.01. The van der Waals surface area contributed by atoms with E-state index in [4.69, 9.17) is 18.9 Å². The van der Waals surface area contributed by atoms with Crippen molar-refractivity contribution in [3.05, 3.63) is 65.2 Å². The predicted octanol–water partition coefficient (Wildman–Crippen LogP) is 5.18. The van der Waals surface area contributed by atoms with Gasteiger partial charge in [-0.05, 0) is 5.57 Å². The summed E-state index contributed by atoms with van der Waals surface area (Å²) in [6.45, 7) is 10.4. The van der Waals surface area contributed by atoms with E-state index in [9.17, 15) is 0 Å². The van der Waals surface area contributed by atoms with Gasteiger partial charge in [-0.2, -0.15) is 0 Å². The molecule has 2 aliphatic heterocycles. The van der Waals surface area contributed by atoms with Crippen molar-refractivity contribution in [1.82, 2.24) is 0 Å². The highest BCUT2D eigenvalue weighted by Crippen LogP contribution is 2.46. The minimum atomic E-state index is 0.0696. The molecule has 0 spiro atoms. The molecule has 148 valence electrons. The number of ether oxygens (including phenoxy) is 4. The lowest BCUT2D eigenvalue weighted by Crippen LogP contribution is -2.30. The monoisotopic (exact) mass is 380 g/mol. The Balaban J connectivity index is 1.76. The molecule has 0 bridgehead atoms. The van der Waals surface area contributed by atoms with Crippen molar-refractivity contribution < 1.29 is 18.9 Å². The first-order chi connectivity index (χ1) is 13.6. The van der Waals surface area contributed by atoms with Crippen molar-refractivity contribution in [3.8, 4) is 11.5 Å². The summed E-state index contributed by atoms with van der Waals surface area (Å²) in [7, 11) is 3.41. The van der Waals surface area contributed by atoms with Crippen molar-refractivity contribution in [2.24, 2.45) is 11.8 Å². The summed E-state index contributed by atoms with van der Waals surface area (Å²) in [5.74, 6) is 2.61. The van der Waals surface area contributed by atoms with Gasteiger partial charge < -0.3 is 18.9 Å². The van der Waals surface area contributed by atoms with Crippen LogP contribution in [-0.4, -0.2) is 27.4 Å². The van der Waals surface area contributed by atoms with Crippen molar-refractivity contribution in [2.45, 2.75) is 26.1 Å². The Morgan fingerprint density at radius 2 is 1.25 bits per heavy atom. The lowest BCUT2D eigenvalue weighted by molar-refractivity contribution is -0.110. The van der Waals surface area contributed by atoms with E-state index >= 15 is 0 Å². The number of rotatable bonds is 6. The molecule has 4 atom stereocenters. The average Bonchev–Trinajstić information content (AvgIpc) is 2.70. The van der Waals surface area contributed by atoms with Gasteiger partial charge in [0.25, 0.3) is 0 Å². The Labute approximate surface area is 167 Å². The molecule has 0 aliphatic carbocycles. The van der Waals surface area contributed by atoms with Crippen LogP contribution in [0.15, 0.2) is 43.0 Å². The van der Waals surface area contributed by atoms with Crippen LogP contribution in [0.3, 0.4) is 0 Å². The summed E-state index contributed by atoms with van der Waals surface area (Å²) in [5.41, 5.74) is 4.94. The first kappa shape index (κ1) is 19.0. The molecule has 4 nitrogen and oxygen atoms in total. The van der Waals surface area contributed by atoms with E-state index in [1.807, 2.05) is 24.3 Å². The van der Waals surface area contributed by atoms with Crippen LogP contribution < -0.4 is 9.47 Å². The molecule has 0 N–H and O–H groups in total. The van der Waals surface area contributed by atoms with Gasteiger partial charge in [-0.1, -0.05) is 56.8 Å². The fraction of sp³-hybridized carbons (Fsp3) is 0.417. The zero-order valence-corrected chi connectivity index (χ0v) is 17.0. The number of hydrogen-bond acceptors (Lipinski definition) is 4. The number of methoxy groups -OCH3 is 2. The van der Waals surface area contributed by atoms with Gasteiger partial charge in [-0.25, -0.2) is 0 Å². The van der Waals surface area contributed by atoms with Crippen molar-refractivity contribution >= 4 is 5.57 Å². The summed E-state index contributed by atoms with van der Waals surface area (Å²) in [4.78, 5) is 0. The highest BCUT2D eigenvalue weighted by atomic mass is 16.5. The Hall–Kier alpha value is -2.30. The molecule has 2 aliphatic rings. The Morgan fingerprint density at radius 3 is 1.54 bits per heavy atom. The minimum absolute atomic E-state index is 0.0696. The molecule has 0 radical (unpaired) electrons. The quantitative estimate of drug-likeness (QED) is 0.692. The molecule has 2 fully saturated rings. The summed E-state index contributed by atoms with van der Waals surface area (Å²) < 4.78 is 23.2. The Morgan fingerprint density at radius 1 is 0.821 bits per heavy atom. The molecule has 4 unspecified atom stereocenters. The molecular weight excluding hydrogens is 352 g/mol. The molecule has 2 heterocycles. The SMILES string of the molecule is C=C(c1cccc(C2OCC2C)c1OC)c1cccc(C2OCC2C)c1OC. The first-order valence-electron chi connectivity index (χ1n) is 9.83. The maximum absolute atomic E-state index is 5.82. The van der Waals surface area contributed by atoms with Crippen LogP contribution >= 0.6 is 0 Å². The maximum Gasteiger partial charge on any atom is 0.132 e. The third-order valence-corrected chi connectivity index (χ3v) is 5.87. The number of hydrogen-bond donors (Lipinski definition) is 0. The minimum Gasteiger partial charge on any atom is -0.496 e. The molecule has 2 aromatic carbocycles. The van der Waals surface area contributed by atoms with Crippen LogP contribution in [0.25, 0.3) is 5.57 Å². The van der Waals surface area contributed by atoms with E-state index in [0.29, 0.717) is 11.8 Å². The van der Waals surface area contributed by atoms with Crippen molar-refractivity contribution in [2.75, 3.05) is 27.4 Å². The lowest BCUT2D eigenvalue weighted by Gasteiger charge is -2.36. The zero-order valence-electron chi connectivity index (χ0n) is 17.0. The second kappa shape index (κ2) is 7.61. The summed E-state index contributed by atoms with van der Waals surface area (Å²) in [6, 6.07) is 12.3. The Kier molecular flexibility index (Phi) is 5.17. The average molecular weight is 380 g/mol. The van der Waals surface area contributed by atoms with Gasteiger partial charge in [0.15, 0.2) is 0 Å². The van der Waals surface area contributed by atoms with E-state index in [1.54, 1.807) is 14.2 Å². The molecule has 2 aromatic rings. The summed E-state index contributed by atoms with van der Waals surface area (Å²) in [5, 5.41) is 0. The van der Waals surface area contributed by atoms with Crippen LogP contribution in [0.4, 0.5) is 0 Å². The normalized spacial score (nSPS) is 26.1. The molecular formula is C24H28O4. The number of para-hydroxylation sites is 2. The first-order valence-corrected chi connectivity index (χ1v) is 9.83. The van der Waals surface area contributed by atoms with E-state index in [-0.39, 0.29) is 12.2 Å². The van der Waals surface area contributed by atoms with Crippen LogP contribution in [-0.2, 0) is 9.47 Å². The second-order valence-corrected chi connectivity index (χ2v) is 7.80. The molecule has 0 aromatic heterocycles. The summed E-state index contributed by atoms with van der Waals surface area (Å²) >= 11 is 0. The van der Waals surface area contributed by atoms with E-state index in [2.05, 4.69) is 32.6 Å². The van der Waals surface area contributed by atoms with Gasteiger partial charge in [0.1, 0.15) is 11.5 Å². The second-order valence-electron chi connectivity index (χ2n) is 7.80. The largest absolute Gasteiger partial charge is 0.496 e. The van der Waals surface area contributed by atoms with E-state index in [1.165, 1.54) is 0 Å². The van der Waals surface area contributed by atoms with Gasteiger partial charge >= 0.3 is 0 Å². The van der Waals surface area contributed by atoms with Gasteiger partial charge in [-0.15, -0.1) is 0 Å². The van der Waals surface area contributed by atoms with Gasteiger partial charge in [0.05, 0.1) is 39.6 Å². The molecule has 0 saturated carbocycles.